The summed E-state index contributed by atoms with van der Waals surface area (Å²) in [7, 11) is -4.14. The minimum Gasteiger partial charge on any atom is -0.352 e. The largest absolute Gasteiger partial charge is 0.352 e. The Balaban J connectivity index is 2.05. The number of aryl methyl sites for hydroxylation is 2. The molecular formula is C31H38ClN3O4S. The molecule has 0 aliphatic carbocycles. The second kappa shape index (κ2) is 13.8. The lowest BCUT2D eigenvalue weighted by Gasteiger charge is -2.33. The monoisotopic (exact) mass is 583 g/mol. The van der Waals surface area contributed by atoms with Crippen LogP contribution in [0.1, 0.15) is 50.3 Å². The third kappa shape index (κ3) is 7.86. The molecule has 2 amide bonds. The molecule has 0 aromatic heterocycles. The molecule has 3 aromatic rings. The first kappa shape index (κ1) is 31.2. The third-order valence-electron chi connectivity index (χ3n) is 6.82. The molecule has 0 heterocycles. The van der Waals surface area contributed by atoms with Gasteiger partial charge >= 0.3 is 0 Å². The van der Waals surface area contributed by atoms with Gasteiger partial charge in [0.25, 0.3) is 10.0 Å². The van der Waals surface area contributed by atoms with Crippen LogP contribution in [0.5, 0.6) is 0 Å². The van der Waals surface area contributed by atoms with Crippen LogP contribution in [0.3, 0.4) is 0 Å². The number of amides is 2. The van der Waals surface area contributed by atoms with Crippen LogP contribution < -0.4 is 9.62 Å². The fourth-order valence-electron chi connectivity index (χ4n) is 4.34. The lowest BCUT2D eigenvalue weighted by Crippen LogP contribution is -2.53. The van der Waals surface area contributed by atoms with Crippen molar-refractivity contribution in [1.29, 1.82) is 0 Å². The molecule has 0 saturated heterocycles. The molecular weight excluding hydrogens is 546 g/mol. The van der Waals surface area contributed by atoms with E-state index >= 15 is 0 Å². The Hall–Kier alpha value is -3.36. The fraction of sp³-hybridized carbons (Fsp3) is 0.355. The van der Waals surface area contributed by atoms with E-state index in [4.69, 9.17) is 11.6 Å². The van der Waals surface area contributed by atoms with Gasteiger partial charge in [-0.25, -0.2) is 8.42 Å². The van der Waals surface area contributed by atoms with Crippen LogP contribution >= 0.6 is 11.6 Å². The number of halogens is 1. The maximum Gasteiger partial charge on any atom is 0.264 e. The molecule has 0 radical (unpaired) electrons. The standard InChI is InChI=1S/C31H38ClN3O4S/c1-6-24(5)33-31(37)29(7-2)34(20-25-10-8-9-23(4)19-25)30(36)21-35(27-15-11-22(3)12-16-27)40(38,39)28-17-13-26(32)14-18-28/h8-19,24,29H,6-7,20-21H2,1-5H3,(H,33,37)/t24-,29+/m1/s1. The summed E-state index contributed by atoms with van der Waals surface area (Å²) < 4.78 is 28.9. The van der Waals surface area contributed by atoms with Gasteiger partial charge in [-0.3, -0.25) is 13.9 Å². The molecule has 7 nitrogen and oxygen atoms in total. The average Bonchev–Trinajstić information content (AvgIpc) is 2.92. The van der Waals surface area contributed by atoms with Crippen molar-refractivity contribution in [2.24, 2.45) is 0 Å². The minimum absolute atomic E-state index is 0.0112. The topological polar surface area (TPSA) is 86.8 Å². The number of nitrogens with zero attached hydrogens (tertiary/aromatic N) is 2. The van der Waals surface area contributed by atoms with Crippen molar-refractivity contribution in [3.05, 3.63) is 94.5 Å². The van der Waals surface area contributed by atoms with Crippen molar-refractivity contribution in [3.8, 4) is 0 Å². The van der Waals surface area contributed by atoms with E-state index in [9.17, 15) is 18.0 Å². The van der Waals surface area contributed by atoms with E-state index in [1.807, 2.05) is 58.9 Å². The zero-order valence-corrected chi connectivity index (χ0v) is 25.3. The van der Waals surface area contributed by atoms with Crippen LogP contribution in [0.15, 0.2) is 77.7 Å². The number of carbonyl (C=O) groups is 2. The number of sulfonamides is 1. The first-order valence-electron chi connectivity index (χ1n) is 13.5. The molecule has 40 heavy (non-hydrogen) atoms. The Bertz CT molecular complexity index is 1410. The quantitative estimate of drug-likeness (QED) is 0.289. The molecule has 0 aliphatic rings. The van der Waals surface area contributed by atoms with Gasteiger partial charge in [-0.2, -0.15) is 0 Å². The van der Waals surface area contributed by atoms with Crippen molar-refractivity contribution < 1.29 is 18.0 Å². The van der Waals surface area contributed by atoms with Gasteiger partial charge in [0.05, 0.1) is 10.6 Å². The van der Waals surface area contributed by atoms with E-state index in [0.717, 1.165) is 27.4 Å². The van der Waals surface area contributed by atoms with Crippen LogP contribution in [0, 0.1) is 13.8 Å². The van der Waals surface area contributed by atoms with E-state index in [2.05, 4.69) is 5.32 Å². The summed E-state index contributed by atoms with van der Waals surface area (Å²) in [6.07, 6.45) is 1.11. The van der Waals surface area contributed by atoms with Crippen LogP contribution in [-0.2, 0) is 26.2 Å². The molecule has 1 N–H and O–H groups in total. The first-order chi connectivity index (χ1) is 19.0. The maximum absolute atomic E-state index is 14.1. The van der Waals surface area contributed by atoms with Crippen molar-refractivity contribution in [2.45, 2.75) is 71.0 Å². The predicted octanol–water partition coefficient (Wildman–Crippen LogP) is 5.87. The van der Waals surface area contributed by atoms with Gasteiger partial charge in [0.15, 0.2) is 0 Å². The molecule has 0 spiro atoms. The molecule has 0 saturated carbocycles. The summed E-state index contributed by atoms with van der Waals surface area (Å²) in [6.45, 7) is 9.28. The molecule has 0 bridgehead atoms. The highest BCUT2D eigenvalue weighted by atomic mass is 35.5. The molecule has 0 fully saturated rings. The Kier molecular flexibility index (Phi) is 10.8. The second-order valence-electron chi connectivity index (χ2n) is 10.1. The fourth-order valence-corrected chi connectivity index (χ4v) is 5.88. The lowest BCUT2D eigenvalue weighted by molar-refractivity contribution is -0.140. The highest BCUT2D eigenvalue weighted by Gasteiger charge is 2.34. The van der Waals surface area contributed by atoms with E-state index < -0.39 is 28.5 Å². The number of nitrogens with one attached hydrogen (secondary N) is 1. The average molecular weight is 584 g/mol. The summed E-state index contributed by atoms with van der Waals surface area (Å²) in [5, 5.41) is 3.39. The Morgan fingerprint density at radius 3 is 2.12 bits per heavy atom. The molecule has 9 heteroatoms. The van der Waals surface area contributed by atoms with Crippen molar-refractivity contribution >= 4 is 39.1 Å². The molecule has 2 atom stereocenters. The van der Waals surface area contributed by atoms with Crippen LogP contribution in [-0.4, -0.2) is 43.8 Å². The number of benzene rings is 3. The first-order valence-corrected chi connectivity index (χ1v) is 15.3. The number of rotatable bonds is 12. The highest BCUT2D eigenvalue weighted by molar-refractivity contribution is 7.92. The Morgan fingerprint density at radius 2 is 1.55 bits per heavy atom. The van der Waals surface area contributed by atoms with Crippen molar-refractivity contribution in [2.75, 3.05) is 10.8 Å². The van der Waals surface area contributed by atoms with Crippen molar-refractivity contribution in [3.63, 3.8) is 0 Å². The summed E-state index contributed by atoms with van der Waals surface area (Å²) in [5.74, 6) is -0.744. The summed E-state index contributed by atoms with van der Waals surface area (Å²) >= 11 is 6.01. The van der Waals surface area contributed by atoms with E-state index in [-0.39, 0.29) is 23.4 Å². The SMILES string of the molecule is CC[C@@H](C)NC(=O)[C@H](CC)N(Cc1cccc(C)c1)C(=O)CN(c1ccc(C)cc1)S(=O)(=O)c1ccc(Cl)cc1. The number of carbonyl (C=O) groups excluding carboxylic acids is 2. The van der Waals surface area contributed by atoms with E-state index in [1.165, 1.54) is 29.2 Å². The zero-order chi connectivity index (χ0) is 29.4. The highest BCUT2D eigenvalue weighted by Crippen LogP contribution is 2.26. The Morgan fingerprint density at radius 1 is 0.900 bits per heavy atom. The van der Waals surface area contributed by atoms with Crippen LogP contribution in [0.4, 0.5) is 5.69 Å². The molecule has 3 aromatic carbocycles. The molecule has 214 valence electrons. The van der Waals surface area contributed by atoms with E-state index in [0.29, 0.717) is 17.1 Å². The van der Waals surface area contributed by atoms with E-state index in [1.54, 1.807) is 24.3 Å². The molecule has 3 rings (SSSR count). The minimum atomic E-state index is -4.14. The smallest absolute Gasteiger partial charge is 0.264 e. The van der Waals surface area contributed by atoms with Gasteiger partial charge in [-0.05, 0) is 75.6 Å². The molecule has 0 aliphatic heterocycles. The summed E-state index contributed by atoms with van der Waals surface area (Å²) in [6, 6.07) is 19.7. The summed E-state index contributed by atoms with van der Waals surface area (Å²) in [4.78, 5) is 28.9. The lowest BCUT2D eigenvalue weighted by atomic mass is 10.1. The van der Waals surface area contributed by atoms with Gasteiger partial charge in [0.2, 0.25) is 11.8 Å². The number of hydrogen-bond donors (Lipinski definition) is 1. The maximum atomic E-state index is 14.1. The van der Waals surface area contributed by atoms with Crippen molar-refractivity contribution in [1.82, 2.24) is 10.2 Å². The van der Waals surface area contributed by atoms with Gasteiger partial charge in [0.1, 0.15) is 12.6 Å². The third-order valence-corrected chi connectivity index (χ3v) is 8.86. The summed E-state index contributed by atoms with van der Waals surface area (Å²) in [5.41, 5.74) is 3.17. The predicted molar refractivity (Wildman–Crippen MR) is 161 cm³/mol. The van der Waals surface area contributed by atoms with Crippen LogP contribution in [0.2, 0.25) is 5.02 Å². The normalized spacial score (nSPS) is 12.8. The zero-order valence-electron chi connectivity index (χ0n) is 23.7. The van der Waals surface area contributed by atoms with Gasteiger partial charge in [-0.15, -0.1) is 0 Å². The Labute approximate surface area is 243 Å². The van der Waals surface area contributed by atoms with Gasteiger partial charge < -0.3 is 10.2 Å². The number of hydrogen-bond acceptors (Lipinski definition) is 4. The molecule has 0 unspecified atom stereocenters. The second-order valence-corrected chi connectivity index (χ2v) is 12.4. The van der Waals surface area contributed by atoms with Crippen LogP contribution in [0.25, 0.3) is 0 Å². The van der Waals surface area contributed by atoms with Gasteiger partial charge in [-0.1, -0.05) is 73.0 Å². The number of anilines is 1. The van der Waals surface area contributed by atoms with Gasteiger partial charge in [0, 0.05) is 17.6 Å².